The summed E-state index contributed by atoms with van der Waals surface area (Å²) in [4.78, 5) is 39.8. The standard InChI is InChI=1S/C16H11N3O4S/c20-14-10-24-16(17-15(21)11-4-2-1-3-5-11)18(14)12-6-8-13(9-7-12)19(22)23/h1-9H,10H2. The molecule has 2 aromatic carbocycles. The molecule has 0 aliphatic carbocycles. The molecule has 0 radical (unpaired) electrons. The molecule has 1 aliphatic rings. The molecule has 0 atom stereocenters. The molecule has 0 bridgehead atoms. The Bertz CT molecular complexity index is 834. The van der Waals surface area contributed by atoms with Crippen molar-refractivity contribution in [3.05, 3.63) is 70.3 Å². The van der Waals surface area contributed by atoms with E-state index < -0.39 is 10.8 Å². The first kappa shape index (κ1) is 15.9. The number of anilines is 1. The van der Waals surface area contributed by atoms with Crippen molar-refractivity contribution < 1.29 is 14.5 Å². The largest absolute Gasteiger partial charge is 0.279 e. The molecule has 8 heteroatoms. The summed E-state index contributed by atoms with van der Waals surface area (Å²) in [5.74, 6) is -0.508. The van der Waals surface area contributed by atoms with Crippen molar-refractivity contribution in [1.82, 2.24) is 0 Å². The molecule has 1 aliphatic heterocycles. The van der Waals surface area contributed by atoms with Crippen LogP contribution in [-0.2, 0) is 4.79 Å². The summed E-state index contributed by atoms with van der Waals surface area (Å²) >= 11 is 1.16. The van der Waals surface area contributed by atoms with Gasteiger partial charge in [0.15, 0.2) is 5.17 Å². The normalized spacial score (nSPS) is 15.8. The number of nitro benzene ring substituents is 1. The Hall–Kier alpha value is -3.00. The number of amidine groups is 1. The first-order valence-corrected chi connectivity index (χ1v) is 7.93. The van der Waals surface area contributed by atoms with Gasteiger partial charge in [-0.1, -0.05) is 30.0 Å². The SMILES string of the molecule is O=C(N=C1SCC(=O)N1c1ccc([N+](=O)[O-])cc1)c1ccccc1. The average molecular weight is 341 g/mol. The van der Waals surface area contributed by atoms with E-state index in [1.54, 1.807) is 30.3 Å². The first-order chi connectivity index (χ1) is 11.6. The van der Waals surface area contributed by atoms with Crippen molar-refractivity contribution >= 4 is 40.1 Å². The molecule has 1 fully saturated rings. The van der Waals surface area contributed by atoms with E-state index in [1.807, 2.05) is 0 Å². The zero-order valence-electron chi connectivity index (χ0n) is 12.3. The molecule has 24 heavy (non-hydrogen) atoms. The number of carbonyl (C=O) groups is 2. The summed E-state index contributed by atoms with van der Waals surface area (Å²) in [6, 6.07) is 14.1. The van der Waals surface area contributed by atoms with Crippen LogP contribution < -0.4 is 4.90 Å². The summed E-state index contributed by atoms with van der Waals surface area (Å²) < 4.78 is 0. The molecule has 2 aromatic rings. The number of rotatable bonds is 3. The Kier molecular flexibility index (Phi) is 4.39. The van der Waals surface area contributed by atoms with Gasteiger partial charge in [-0.15, -0.1) is 0 Å². The number of nitrogens with zero attached hydrogens (tertiary/aromatic N) is 3. The number of thioether (sulfide) groups is 1. The predicted octanol–water partition coefficient (Wildman–Crippen LogP) is 2.87. The zero-order chi connectivity index (χ0) is 17.1. The van der Waals surface area contributed by atoms with E-state index in [4.69, 9.17) is 0 Å². The van der Waals surface area contributed by atoms with Gasteiger partial charge in [0, 0.05) is 17.7 Å². The fraction of sp³-hybridized carbons (Fsp3) is 0.0625. The van der Waals surface area contributed by atoms with Gasteiger partial charge in [-0.2, -0.15) is 4.99 Å². The molecule has 2 amide bonds. The van der Waals surface area contributed by atoms with Crippen molar-refractivity contribution in [3.63, 3.8) is 0 Å². The number of benzene rings is 2. The second kappa shape index (κ2) is 6.63. The van der Waals surface area contributed by atoms with Crippen molar-refractivity contribution in [2.45, 2.75) is 0 Å². The van der Waals surface area contributed by atoms with Crippen LogP contribution in [0.25, 0.3) is 0 Å². The van der Waals surface area contributed by atoms with Gasteiger partial charge < -0.3 is 0 Å². The Morgan fingerprint density at radius 2 is 1.79 bits per heavy atom. The first-order valence-electron chi connectivity index (χ1n) is 6.94. The van der Waals surface area contributed by atoms with Gasteiger partial charge in [-0.05, 0) is 24.3 Å². The lowest BCUT2D eigenvalue weighted by Gasteiger charge is -2.15. The van der Waals surface area contributed by atoms with E-state index in [0.29, 0.717) is 11.3 Å². The quantitative estimate of drug-likeness (QED) is 0.632. The third-order valence-electron chi connectivity index (χ3n) is 3.30. The minimum atomic E-state index is -0.516. The molecule has 0 spiro atoms. The second-order valence-electron chi connectivity index (χ2n) is 4.86. The topological polar surface area (TPSA) is 92.9 Å². The summed E-state index contributed by atoms with van der Waals surface area (Å²) in [6.45, 7) is 0. The Balaban J connectivity index is 1.90. The Morgan fingerprint density at radius 1 is 1.12 bits per heavy atom. The van der Waals surface area contributed by atoms with Crippen molar-refractivity contribution in [2.75, 3.05) is 10.7 Å². The highest BCUT2D eigenvalue weighted by atomic mass is 32.2. The molecule has 7 nitrogen and oxygen atoms in total. The van der Waals surface area contributed by atoms with E-state index in [-0.39, 0.29) is 22.5 Å². The lowest BCUT2D eigenvalue weighted by molar-refractivity contribution is -0.384. The Morgan fingerprint density at radius 3 is 2.42 bits per heavy atom. The van der Waals surface area contributed by atoms with E-state index in [9.17, 15) is 19.7 Å². The summed E-state index contributed by atoms with van der Waals surface area (Å²) in [7, 11) is 0. The summed E-state index contributed by atoms with van der Waals surface area (Å²) in [6.07, 6.45) is 0. The van der Waals surface area contributed by atoms with E-state index in [0.717, 1.165) is 11.8 Å². The highest BCUT2D eigenvalue weighted by Gasteiger charge is 2.30. The van der Waals surface area contributed by atoms with Crippen LogP contribution in [0.2, 0.25) is 0 Å². The summed E-state index contributed by atoms with van der Waals surface area (Å²) in [5, 5.41) is 11.0. The average Bonchev–Trinajstić information content (AvgIpc) is 2.96. The number of carbonyl (C=O) groups excluding carboxylic acids is 2. The number of amides is 2. The molecule has 0 N–H and O–H groups in total. The molecule has 120 valence electrons. The maximum Gasteiger partial charge on any atom is 0.279 e. The van der Waals surface area contributed by atoms with Crippen LogP contribution in [0.3, 0.4) is 0 Å². The number of nitro groups is 1. The minimum absolute atomic E-state index is 0.0723. The van der Waals surface area contributed by atoms with Gasteiger partial charge in [0.1, 0.15) is 0 Å². The lowest BCUT2D eigenvalue weighted by Crippen LogP contribution is -2.29. The van der Waals surface area contributed by atoms with Crippen LogP contribution >= 0.6 is 11.8 Å². The number of hydrogen-bond acceptors (Lipinski definition) is 5. The minimum Gasteiger partial charge on any atom is -0.273 e. The molecule has 3 rings (SSSR count). The van der Waals surface area contributed by atoms with Gasteiger partial charge in [0.25, 0.3) is 11.6 Å². The van der Waals surface area contributed by atoms with Crippen LogP contribution in [0, 0.1) is 10.1 Å². The maximum absolute atomic E-state index is 12.2. The van der Waals surface area contributed by atoms with Gasteiger partial charge in [0.05, 0.1) is 16.4 Å². The molecule has 1 saturated heterocycles. The van der Waals surface area contributed by atoms with Gasteiger partial charge in [0.2, 0.25) is 5.91 Å². The third kappa shape index (κ3) is 3.18. The highest BCUT2D eigenvalue weighted by molar-refractivity contribution is 8.15. The van der Waals surface area contributed by atoms with Gasteiger partial charge in [-0.3, -0.25) is 24.6 Å². The van der Waals surface area contributed by atoms with Crippen molar-refractivity contribution in [1.29, 1.82) is 0 Å². The monoisotopic (exact) mass is 341 g/mol. The van der Waals surface area contributed by atoms with Crippen LogP contribution in [0.1, 0.15) is 10.4 Å². The van der Waals surface area contributed by atoms with E-state index in [2.05, 4.69) is 4.99 Å². The molecule has 0 aromatic heterocycles. The number of hydrogen-bond donors (Lipinski definition) is 0. The second-order valence-corrected chi connectivity index (χ2v) is 5.80. The fourth-order valence-electron chi connectivity index (χ4n) is 2.15. The summed E-state index contributed by atoms with van der Waals surface area (Å²) in [5.41, 5.74) is 0.792. The van der Waals surface area contributed by atoms with Crippen LogP contribution in [0.5, 0.6) is 0 Å². The van der Waals surface area contributed by atoms with Gasteiger partial charge >= 0.3 is 0 Å². The van der Waals surface area contributed by atoms with Crippen LogP contribution in [-0.4, -0.2) is 27.7 Å². The molecular weight excluding hydrogens is 330 g/mol. The fourth-order valence-corrected chi connectivity index (χ4v) is 3.02. The third-order valence-corrected chi connectivity index (χ3v) is 4.23. The number of aliphatic imine (C=N–C) groups is 1. The smallest absolute Gasteiger partial charge is 0.273 e. The predicted molar refractivity (Wildman–Crippen MR) is 91.2 cm³/mol. The van der Waals surface area contributed by atoms with E-state index >= 15 is 0 Å². The van der Waals surface area contributed by atoms with Gasteiger partial charge in [-0.25, -0.2) is 0 Å². The molecular formula is C16H11N3O4S. The Labute approximate surface area is 141 Å². The number of non-ortho nitro benzene ring substituents is 1. The maximum atomic E-state index is 12.2. The zero-order valence-corrected chi connectivity index (χ0v) is 13.1. The van der Waals surface area contributed by atoms with Crippen molar-refractivity contribution in [3.8, 4) is 0 Å². The van der Waals surface area contributed by atoms with E-state index in [1.165, 1.54) is 29.2 Å². The highest BCUT2D eigenvalue weighted by Crippen LogP contribution is 2.28. The molecule has 0 saturated carbocycles. The van der Waals surface area contributed by atoms with Crippen molar-refractivity contribution in [2.24, 2.45) is 4.99 Å². The molecule has 1 heterocycles. The lowest BCUT2D eigenvalue weighted by atomic mass is 10.2. The molecule has 0 unspecified atom stereocenters. The van der Waals surface area contributed by atoms with Crippen LogP contribution in [0.15, 0.2) is 59.6 Å². The van der Waals surface area contributed by atoms with Crippen LogP contribution in [0.4, 0.5) is 11.4 Å².